The minimum atomic E-state index is -0.810. The Balaban J connectivity index is 1.05. The zero-order valence-corrected chi connectivity index (χ0v) is 51.8. The lowest BCUT2D eigenvalue weighted by atomic mass is 10.0. The van der Waals surface area contributed by atoms with E-state index >= 15 is 0 Å². The van der Waals surface area contributed by atoms with E-state index in [0.29, 0.717) is 72.9 Å². The second-order valence-electron chi connectivity index (χ2n) is 21.7. The summed E-state index contributed by atoms with van der Waals surface area (Å²) in [5.41, 5.74) is 1.70. The van der Waals surface area contributed by atoms with Crippen molar-refractivity contribution < 1.29 is 66.7 Å². The molecule has 0 saturated heterocycles. The Hall–Kier alpha value is -8.47. The normalized spacial score (nSPS) is 11.0. The van der Waals surface area contributed by atoms with Gasteiger partial charge in [0, 0.05) is 49.2 Å². The maximum atomic E-state index is 13.8. The fourth-order valence-corrected chi connectivity index (χ4v) is 9.27. The van der Waals surface area contributed by atoms with Gasteiger partial charge in [0.05, 0.1) is 56.3 Å². The smallest absolute Gasteiger partial charge is 0.344 e. The number of ether oxygens (including phenoxy) is 8. The van der Waals surface area contributed by atoms with Gasteiger partial charge in [-0.2, -0.15) is 0 Å². The van der Waals surface area contributed by atoms with Crippen molar-refractivity contribution in [1.82, 2.24) is 0 Å². The summed E-state index contributed by atoms with van der Waals surface area (Å²) in [6.07, 6.45) is 27.1. The molecule has 5 aromatic rings. The Morgan fingerprint density at radius 1 is 0.409 bits per heavy atom. The highest BCUT2D eigenvalue weighted by Crippen LogP contribution is 2.26. The third-order valence-corrected chi connectivity index (χ3v) is 14.4. The maximum Gasteiger partial charge on any atom is 0.344 e. The summed E-state index contributed by atoms with van der Waals surface area (Å²) in [6, 6.07) is 31.6. The van der Waals surface area contributed by atoms with Crippen LogP contribution in [0.4, 0.5) is 17.1 Å². The predicted octanol–water partition coefficient (Wildman–Crippen LogP) is 16.9. The summed E-state index contributed by atoms with van der Waals surface area (Å²) >= 11 is 0. The van der Waals surface area contributed by atoms with Crippen LogP contribution in [0.1, 0.15) is 185 Å². The van der Waals surface area contributed by atoms with Crippen LogP contribution in [0.5, 0.6) is 28.7 Å². The molecule has 0 aliphatic carbocycles. The standard InChI is InChI=1S/C71H91N3O14/c1-5-67(75)84-52-28-21-17-13-9-7-11-15-19-25-49-82-61-40-44-63(45-41-61)87-69(77)56-31-48-65(71(79)88-64-46-42-62(43-47-64)83-50-26-20-16-12-8-10-14-18-22-29-53-85-68(76)6-2)66(55-56)70(78)86-54-30-24-23-27-51-81-60-38-32-57(33-39-60)72-74(80)59-36-34-58(35-37-59)73(3)4/h5-6,31-48,55H,1-2,7-30,49-54H2,3-4H3. The van der Waals surface area contributed by atoms with Crippen molar-refractivity contribution in [2.24, 2.45) is 5.11 Å². The molecule has 0 fully saturated rings. The number of hydrogen-bond acceptors (Lipinski definition) is 16. The lowest BCUT2D eigenvalue weighted by Crippen LogP contribution is -2.18. The van der Waals surface area contributed by atoms with E-state index in [1.165, 1.54) is 81.7 Å². The average molecular weight is 1210 g/mol. The highest BCUT2D eigenvalue weighted by atomic mass is 16.6. The fourth-order valence-electron chi connectivity index (χ4n) is 9.27. The van der Waals surface area contributed by atoms with Crippen molar-refractivity contribution in [3.8, 4) is 28.7 Å². The van der Waals surface area contributed by atoms with Crippen molar-refractivity contribution in [3.63, 3.8) is 0 Å². The molecule has 0 bridgehead atoms. The summed E-state index contributed by atoms with van der Waals surface area (Å²) in [7, 11) is 3.86. The van der Waals surface area contributed by atoms with E-state index < -0.39 is 17.9 Å². The lowest BCUT2D eigenvalue weighted by Gasteiger charge is -2.12. The molecule has 474 valence electrons. The molecule has 5 aromatic carbocycles. The van der Waals surface area contributed by atoms with Crippen molar-refractivity contribution in [1.29, 1.82) is 0 Å². The van der Waals surface area contributed by atoms with Crippen LogP contribution in [0.2, 0.25) is 0 Å². The number of nitrogens with zero attached hydrogens (tertiary/aromatic N) is 3. The first-order valence-corrected chi connectivity index (χ1v) is 31.4. The number of carbonyl (C=O) groups excluding carboxylic acids is 5. The Kier molecular flexibility index (Phi) is 33.9. The van der Waals surface area contributed by atoms with Crippen LogP contribution in [0.15, 0.2) is 146 Å². The number of rotatable bonds is 46. The topological polar surface area (TPSA) is 201 Å². The second-order valence-corrected chi connectivity index (χ2v) is 21.7. The molecule has 17 nitrogen and oxygen atoms in total. The Morgan fingerprint density at radius 2 is 0.761 bits per heavy atom. The van der Waals surface area contributed by atoms with Crippen LogP contribution < -0.4 is 28.6 Å². The van der Waals surface area contributed by atoms with Gasteiger partial charge in [0.25, 0.3) is 0 Å². The number of azo groups is 1. The van der Waals surface area contributed by atoms with Crippen LogP contribution in [-0.2, 0) is 23.8 Å². The predicted molar refractivity (Wildman–Crippen MR) is 342 cm³/mol. The molecule has 0 amide bonds. The van der Waals surface area contributed by atoms with Gasteiger partial charge >= 0.3 is 29.8 Å². The molecule has 0 unspecified atom stereocenters. The first-order chi connectivity index (χ1) is 42.9. The lowest BCUT2D eigenvalue weighted by molar-refractivity contribution is -0.435. The summed E-state index contributed by atoms with van der Waals surface area (Å²) < 4.78 is 45.0. The van der Waals surface area contributed by atoms with Crippen molar-refractivity contribution in [2.75, 3.05) is 58.6 Å². The highest BCUT2D eigenvalue weighted by Gasteiger charge is 2.24. The minimum Gasteiger partial charge on any atom is -0.594 e. The van der Waals surface area contributed by atoms with Crippen molar-refractivity contribution in [2.45, 2.75) is 154 Å². The number of carbonyl (C=O) groups is 5. The van der Waals surface area contributed by atoms with Gasteiger partial charge in [-0.05, 0) is 154 Å². The molecular weight excluding hydrogens is 1120 g/mol. The van der Waals surface area contributed by atoms with Crippen LogP contribution in [0.3, 0.4) is 0 Å². The molecule has 0 aliphatic heterocycles. The quantitative estimate of drug-likeness (QED) is 0.00520. The zero-order valence-electron chi connectivity index (χ0n) is 51.8. The number of hydrogen-bond donors (Lipinski definition) is 0. The van der Waals surface area contributed by atoms with Gasteiger partial charge in [0.15, 0.2) is 0 Å². The Morgan fingerprint density at radius 3 is 1.16 bits per heavy atom. The molecule has 0 spiro atoms. The van der Waals surface area contributed by atoms with Gasteiger partial charge < -0.3 is 48.0 Å². The first kappa shape index (κ1) is 70.3. The molecule has 0 saturated carbocycles. The van der Waals surface area contributed by atoms with E-state index in [9.17, 15) is 29.2 Å². The molecule has 0 aliphatic rings. The van der Waals surface area contributed by atoms with Crippen LogP contribution >= 0.6 is 0 Å². The van der Waals surface area contributed by atoms with Gasteiger partial charge in [-0.15, -0.1) is 0 Å². The zero-order chi connectivity index (χ0) is 62.8. The van der Waals surface area contributed by atoms with Gasteiger partial charge in [0.1, 0.15) is 34.4 Å². The van der Waals surface area contributed by atoms with Crippen LogP contribution in [0, 0.1) is 5.21 Å². The second kappa shape index (κ2) is 42.4. The number of anilines is 1. The number of esters is 5. The van der Waals surface area contributed by atoms with Gasteiger partial charge in [-0.1, -0.05) is 121 Å². The van der Waals surface area contributed by atoms with Crippen molar-refractivity contribution >= 4 is 46.9 Å². The molecule has 0 heterocycles. The van der Waals surface area contributed by atoms with Gasteiger partial charge in [-0.3, -0.25) is 0 Å². The SMILES string of the molecule is C=CC(=O)OCCCCCCCCCCCCOc1ccc(OC(=O)c2ccc(C(=O)Oc3ccc(OCCCCCCCCCCCCOC(=O)C=C)cc3)c(C(=O)OCCCCCCOc3ccc(N=[N+]([O-])c4ccc(N(C)C)cc4)cc3)c2)cc1. The molecule has 0 atom stereocenters. The summed E-state index contributed by atoms with van der Waals surface area (Å²) in [5.74, 6) is -0.625. The summed E-state index contributed by atoms with van der Waals surface area (Å²) in [5, 5.41) is 16.8. The maximum absolute atomic E-state index is 13.8. The van der Waals surface area contributed by atoms with Gasteiger partial charge in [-0.25, -0.2) is 24.0 Å². The highest BCUT2D eigenvalue weighted by molar-refractivity contribution is 6.06. The molecule has 0 N–H and O–H groups in total. The molecule has 0 radical (unpaired) electrons. The minimum absolute atomic E-state index is 0.0328. The number of benzene rings is 5. The van der Waals surface area contributed by atoms with Crippen LogP contribution in [-0.4, -0.2) is 88.4 Å². The molecule has 88 heavy (non-hydrogen) atoms. The third-order valence-electron chi connectivity index (χ3n) is 14.4. The molecular formula is C71H91N3O14. The Labute approximate surface area is 520 Å². The van der Waals surface area contributed by atoms with E-state index in [2.05, 4.69) is 18.3 Å². The number of unbranched alkanes of at least 4 members (excludes halogenated alkanes) is 21. The van der Waals surface area contributed by atoms with E-state index in [1.807, 2.05) is 31.1 Å². The van der Waals surface area contributed by atoms with E-state index in [4.69, 9.17) is 37.9 Å². The molecule has 17 heteroatoms. The van der Waals surface area contributed by atoms with E-state index in [-0.39, 0.29) is 46.7 Å². The fraction of sp³-hybridized carbons (Fsp3) is 0.451. The third kappa shape index (κ3) is 28.8. The molecule has 5 rings (SSSR count). The van der Waals surface area contributed by atoms with Crippen LogP contribution in [0.25, 0.3) is 0 Å². The first-order valence-electron chi connectivity index (χ1n) is 31.4. The van der Waals surface area contributed by atoms with E-state index in [0.717, 1.165) is 102 Å². The monoisotopic (exact) mass is 1210 g/mol. The summed E-state index contributed by atoms with van der Waals surface area (Å²) in [6.45, 7) is 9.37. The average Bonchev–Trinajstić information content (AvgIpc) is 3.66. The largest absolute Gasteiger partial charge is 0.594 e. The van der Waals surface area contributed by atoms with Gasteiger partial charge in [0.2, 0.25) is 5.69 Å². The molecule has 0 aromatic heterocycles. The van der Waals surface area contributed by atoms with E-state index in [1.54, 1.807) is 84.9 Å². The summed E-state index contributed by atoms with van der Waals surface area (Å²) in [4.78, 5) is 65.9. The van der Waals surface area contributed by atoms with Crippen molar-refractivity contribution in [3.05, 3.63) is 162 Å². The Bertz CT molecular complexity index is 2890.